The van der Waals surface area contributed by atoms with Crippen LogP contribution in [0.4, 0.5) is 0 Å². The van der Waals surface area contributed by atoms with Crippen molar-refractivity contribution in [2.45, 2.75) is 19.6 Å². The maximum atomic E-state index is 13.8. The quantitative estimate of drug-likeness (QED) is 0.280. The predicted molar refractivity (Wildman–Crippen MR) is 163 cm³/mol. The fourth-order valence-electron chi connectivity index (χ4n) is 4.77. The second-order valence-corrected chi connectivity index (χ2v) is 11.0. The molecule has 222 valence electrons. The van der Waals surface area contributed by atoms with E-state index in [0.717, 1.165) is 5.56 Å². The van der Waals surface area contributed by atoms with Crippen molar-refractivity contribution < 1.29 is 23.9 Å². The lowest BCUT2D eigenvalue weighted by atomic mass is 10.1. The molecule has 13 heteroatoms. The number of nitrogens with two attached hydrogens (primary N) is 1. The summed E-state index contributed by atoms with van der Waals surface area (Å²) in [6.07, 6.45) is 0. The second-order valence-electron chi connectivity index (χ2n) is 9.70. The Morgan fingerprint density at radius 3 is 2.35 bits per heavy atom. The normalized spacial score (nSPS) is 12.4. The van der Waals surface area contributed by atoms with Crippen molar-refractivity contribution in [3.05, 3.63) is 109 Å². The van der Waals surface area contributed by atoms with Crippen LogP contribution in [0.1, 0.15) is 32.1 Å². The van der Waals surface area contributed by atoms with Gasteiger partial charge in [-0.1, -0.05) is 23.7 Å². The minimum Gasteiger partial charge on any atom is -0.497 e. The number of fused-ring (bicyclic) bond motifs is 1. The third-order valence-electron chi connectivity index (χ3n) is 6.94. The average molecular weight is 669 g/mol. The number of rotatable bonds is 9. The first-order chi connectivity index (χ1) is 20.7. The van der Waals surface area contributed by atoms with E-state index in [9.17, 15) is 19.2 Å². The van der Waals surface area contributed by atoms with Crippen molar-refractivity contribution in [1.29, 1.82) is 0 Å². The Kier molecular flexibility index (Phi) is 8.88. The average Bonchev–Trinajstić information content (AvgIpc) is 3.31. The number of benzene rings is 3. The molecular weight excluding hydrogens is 642 g/mol. The summed E-state index contributed by atoms with van der Waals surface area (Å²) in [5.41, 5.74) is 6.90. The van der Waals surface area contributed by atoms with Gasteiger partial charge in [-0.05, 0) is 76.1 Å². The zero-order valence-corrected chi connectivity index (χ0v) is 25.4. The van der Waals surface area contributed by atoms with E-state index in [-0.39, 0.29) is 50.1 Å². The van der Waals surface area contributed by atoms with Crippen LogP contribution in [-0.2, 0) is 24.4 Å². The Bertz CT molecular complexity index is 1750. The third-order valence-corrected chi connectivity index (χ3v) is 8.17. The van der Waals surface area contributed by atoms with Crippen molar-refractivity contribution in [2.75, 3.05) is 20.3 Å². The molecule has 1 aliphatic heterocycles. The first-order valence-electron chi connectivity index (χ1n) is 13.2. The number of ether oxygens (including phenoxy) is 2. The largest absolute Gasteiger partial charge is 0.497 e. The summed E-state index contributed by atoms with van der Waals surface area (Å²) in [7, 11) is 1.54. The van der Waals surface area contributed by atoms with Crippen LogP contribution in [0, 0.1) is 0 Å². The van der Waals surface area contributed by atoms with E-state index in [2.05, 4.69) is 21.2 Å². The number of hydrogen-bond donors (Lipinski definition) is 2. The number of halogens is 2. The number of nitrogens with zero attached hydrogens (tertiary/aromatic N) is 3. The van der Waals surface area contributed by atoms with E-state index in [0.29, 0.717) is 37.9 Å². The van der Waals surface area contributed by atoms with Crippen LogP contribution in [0.5, 0.6) is 11.5 Å². The first kappa shape index (κ1) is 29.9. The van der Waals surface area contributed by atoms with Crippen LogP contribution in [0.2, 0.25) is 5.02 Å². The van der Waals surface area contributed by atoms with E-state index < -0.39 is 11.8 Å². The van der Waals surface area contributed by atoms with E-state index in [4.69, 9.17) is 26.8 Å². The van der Waals surface area contributed by atoms with Gasteiger partial charge in [0.05, 0.1) is 30.1 Å². The summed E-state index contributed by atoms with van der Waals surface area (Å²) >= 11 is 9.56. The summed E-state index contributed by atoms with van der Waals surface area (Å²) in [4.78, 5) is 53.4. The van der Waals surface area contributed by atoms with Gasteiger partial charge in [-0.2, -0.15) is 0 Å². The Morgan fingerprint density at radius 2 is 1.70 bits per heavy atom. The fourth-order valence-corrected chi connectivity index (χ4v) is 5.20. The van der Waals surface area contributed by atoms with Crippen molar-refractivity contribution in [3.8, 4) is 17.2 Å². The van der Waals surface area contributed by atoms with E-state index in [1.165, 1.54) is 16.2 Å². The summed E-state index contributed by atoms with van der Waals surface area (Å²) in [6.45, 7) is 0.431. The molecule has 0 atom stereocenters. The Hall–Kier alpha value is -4.55. The molecule has 3 N–H and O–H groups in total. The van der Waals surface area contributed by atoms with Crippen molar-refractivity contribution in [2.24, 2.45) is 5.73 Å². The molecule has 1 aromatic heterocycles. The summed E-state index contributed by atoms with van der Waals surface area (Å²) in [5.74, 6) is -0.288. The number of carbonyl (C=O) groups is 3. The Balaban J connectivity index is 1.46. The molecular formula is C30H27BrClN5O6. The van der Waals surface area contributed by atoms with Crippen LogP contribution in [0.25, 0.3) is 5.69 Å². The molecule has 3 aromatic carbocycles. The lowest BCUT2D eigenvalue weighted by molar-refractivity contribution is -0.119. The van der Waals surface area contributed by atoms with Gasteiger partial charge in [0.1, 0.15) is 17.2 Å². The monoisotopic (exact) mass is 667 g/mol. The van der Waals surface area contributed by atoms with Gasteiger partial charge < -0.3 is 25.4 Å². The van der Waals surface area contributed by atoms with Gasteiger partial charge in [0.2, 0.25) is 0 Å². The highest BCUT2D eigenvalue weighted by Crippen LogP contribution is 2.26. The standard InChI is InChI=1S/C30H27BrClN5O6/c1-42-21-9-5-20(6-10-21)37-27(28(39)34-15-18-2-7-22(8-3-18)43-17-26(33)38)25-16-35(12-13-36(25)30(37)41)29(40)19-4-11-23(31)24(32)14-19/h2-11,14H,12-13,15-17H2,1H3,(H2,33,38)(H,34,39). The zero-order valence-electron chi connectivity index (χ0n) is 23.0. The molecule has 4 aromatic rings. The minimum absolute atomic E-state index is 0.0412. The van der Waals surface area contributed by atoms with Crippen molar-refractivity contribution in [1.82, 2.24) is 19.4 Å². The molecule has 2 heterocycles. The smallest absolute Gasteiger partial charge is 0.333 e. The predicted octanol–water partition coefficient (Wildman–Crippen LogP) is 3.51. The minimum atomic E-state index is -0.587. The highest BCUT2D eigenvalue weighted by molar-refractivity contribution is 9.10. The lowest BCUT2D eigenvalue weighted by Crippen LogP contribution is -2.41. The number of nitrogens with one attached hydrogen (secondary N) is 1. The molecule has 0 spiro atoms. The van der Waals surface area contributed by atoms with Crippen molar-refractivity contribution >= 4 is 45.3 Å². The number of amides is 3. The van der Waals surface area contributed by atoms with Gasteiger partial charge >= 0.3 is 5.69 Å². The number of imidazole rings is 1. The first-order valence-corrected chi connectivity index (χ1v) is 14.3. The van der Waals surface area contributed by atoms with Gasteiger partial charge in [0, 0.05) is 29.7 Å². The zero-order chi connectivity index (χ0) is 30.7. The lowest BCUT2D eigenvalue weighted by Gasteiger charge is -2.28. The van der Waals surface area contributed by atoms with Gasteiger partial charge in [0.15, 0.2) is 6.61 Å². The van der Waals surface area contributed by atoms with Gasteiger partial charge in [-0.15, -0.1) is 0 Å². The van der Waals surface area contributed by atoms with Gasteiger partial charge in [-0.3, -0.25) is 23.5 Å². The topological polar surface area (TPSA) is 138 Å². The van der Waals surface area contributed by atoms with E-state index in [1.54, 1.807) is 71.6 Å². The molecule has 3 amide bonds. The summed E-state index contributed by atoms with van der Waals surface area (Å²) in [6, 6.07) is 18.6. The highest BCUT2D eigenvalue weighted by atomic mass is 79.9. The van der Waals surface area contributed by atoms with Crippen LogP contribution < -0.4 is 26.2 Å². The van der Waals surface area contributed by atoms with Crippen LogP contribution in [0.3, 0.4) is 0 Å². The van der Waals surface area contributed by atoms with E-state index in [1.807, 2.05) is 0 Å². The molecule has 43 heavy (non-hydrogen) atoms. The third kappa shape index (κ3) is 6.45. The number of primary amides is 1. The fraction of sp³-hybridized carbons (Fsp3) is 0.200. The van der Waals surface area contributed by atoms with Crippen LogP contribution in [-0.4, -0.2) is 52.0 Å². The number of aromatic nitrogens is 2. The van der Waals surface area contributed by atoms with Crippen LogP contribution >= 0.6 is 27.5 Å². The molecule has 0 radical (unpaired) electrons. The SMILES string of the molecule is COc1ccc(-n2c(C(=O)NCc3ccc(OCC(N)=O)cc3)c3n(c2=O)CCN(C(=O)c2ccc(Br)c(Cl)c2)C3)cc1. The molecule has 1 aliphatic rings. The van der Waals surface area contributed by atoms with Gasteiger partial charge in [-0.25, -0.2) is 4.79 Å². The second kappa shape index (κ2) is 12.8. The summed E-state index contributed by atoms with van der Waals surface area (Å²) in [5, 5.41) is 3.29. The maximum Gasteiger partial charge on any atom is 0.333 e. The summed E-state index contributed by atoms with van der Waals surface area (Å²) < 4.78 is 14.1. The molecule has 0 aliphatic carbocycles. The highest BCUT2D eigenvalue weighted by Gasteiger charge is 2.32. The van der Waals surface area contributed by atoms with Crippen LogP contribution in [0.15, 0.2) is 76.0 Å². The Morgan fingerprint density at radius 1 is 1.00 bits per heavy atom. The molecule has 0 bridgehead atoms. The molecule has 5 rings (SSSR count). The van der Waals surface area contributed by atoms with Gasteiger partial charge in [0.25, 0.3) is 17.7 Å². The maximum absolute atomic E-state index is 13.8. The number of methoxy groups -OCH3 is 1. The molecule has 0 fully saturated rings. The molecule has 0 saturated carbocycles. The van der Waals surface area contributed by atoms with E-state index >= 15 is 0 Å². The number of carbonyl (C=O) groups excluding carboxylic acids is 3. The molecule has 11 nitrogen and oxygen atoms in total. The van der Waals surface area contributed by atoms with Crippen molar-refractivity contribution in [3.63, 3.8) is 0 Å². The molecule has 0 unspecified atom stereocenters. The number of hydrogen-bond acceptors (Lipinski definition) is 6. The Labute approximate surface area is 259 Å². The molecule has 0 saturated heterocycles.